The number of rotatable bonds is 5. The van der Waals surface area contributed by atoms with Gasteiger partial charge >= 0.3 is 12.4 Å². The number of ether oxygens (including phenoxy) is 1. The first-order valence-electron chi connectivity index (χ1n) is 10.7. The molecule has 2 bridgehead atoms. The van der Waals surface area contributed by atoms with Gasteiger partial charge in [-0.15, -0.1) is 5.10 Å². The molecule has 182 valence electrons. The molecule has 6 nitrogen and oxygen atoms in total. The van der Waals surface area contributed by atoms with Crippen molar-refractivity contribution in [2.24, 2.45) is 0 Å². The van der Waals surface area contributed by atoms with Crippen LogP contribution in [-0.2, 0) is 23.7 Å². The summed E-state index contributed by atoms with van der Waals surface area (Å²) in [5, 5.41) is 15.6. The maximum atomic E-state index is 13.1. The highest BCUT2D eigenvalue weighted by atomic mass is 19.4. The number of nitrogens with one attached hydrogen (secondary N) is 1. The van der Waals surface area contributed by atoms with E-state index >= 15 is 0 Å². The molecule has 2 saturated heterocycles. The fourth-order valence-corrected chi connectivity index (χ4v) is 4.98. The van der Waals surface area contributed by atoms with Gasteiger partial charge in [0.25, 0.3) is 0 Å². The van der Waals surface area contributed by atoms with Crippen LogP contribution in [0, 0.1) is 0 Å². The Morgan fingerprint density at radius 2 is 1.73 bits per heavy atom. The van der Waals surface area contributed by atoms with Crippen LogP contribution < -0.4 is 5.32 Å². The molecule has 1 aromatic heterocycles. The fourth-order valence-electron chi connectivity index (χ4n) is 4.98. The monoisotopic (exact) mass is 477 g/mol. The number of fused-ring (bicyclic) bond motifs is 2. The van der Waals surface area contributed by atoms with Crippen molar-refractivity contribution in [2.75, 3.05) is 0 Å². The number of benzene rings is 1. The number of nitrogens with zero attached hydrogens (tertiary/aromatic N) is 4. The van der Waals surface area contributed by atoms with Crippen molar-refractivity contribution in [1.82, 2.24) is 25.5 Å². The van der Waals surface area contributed by atoms with Gasteiger partial charge in [0.2, 0.25) is 0 Å². The normalized spacial score (nSPS) is 28.0. The molecule has 0 saturated carbocycles. The van der Waals surface area contributed by atoms with E-state index < -0.39 is 29.0 Å². The zero-order valence-corrected chi connectivity index (χ0v) is 18.3. The maximum absolute atomic E-state index is 13.1. The van der Waals surface area contributed by atoms with E-state index in [0.717, 1.165) is 12.2 Å². The van der Waals surface area contributed by atoms with Crippen molar-refractivity contribution in [2.45, 2.75) is 88.6 Å². The lowest BCUT2D eigenvalue weighted by Crippen LogP contribution is -2.54. The molecule has 4 unspecified atom stereocenters. The number of alkyl halides is 6. The lowest BCUT2D eigenvalue weighted by molar-refractivity contribution is -0.143. The Bertz CT molecular complexity index is 972. The third-order valence-electron chi connectivity index (χ3n) is 6.53. The lowest BCUT2D eigenvalue weighted by Gasteiger charge is -2.39. The van der Waals surface area contributed by atoms with Gasteiger partial charge in [-0.25, -0.2) is 4.68 Å². The summed E-state index contributed by atoms with van der Waals surface area (Å²) in [5.41, 5.74) is -3.35. The zero-order chi connectivity index (χ0) is 24.2. The Labute approximate surface area is 186 Å². The summed E-state index contributed by atoms with van der Waals surface area (Å²) in [7, 11) is 0. The fraction of sp³-hybridized carbons (Fsp3) is 0.667. The summed E-state index contributed by atoms with van der Waals surface area (Å²) in [5.74, 6) is 0.797. The number of aromatic nitrogens is 4. The van der Waals surface area contributed by atoms with Gasteiger partial charge < -0.3 is 10.1 Å². The van der Waals surface area contributed by atoms with E-state index in [4.69, 9.17) is 4.74 Å². The van der Waals surface area contributed by atoms with Gasteiger partial charge in [0.1, 0.15) is 0 Å². The summed E-state index contributed by atoms with van der Waals surface area (Å²) in [6.45, 7) is 5.56. The second-order valence-corrected chi connectivity index (χ2v) is 9.35. The average molecular weight is 477 g/mol. The Morgan fingerprint density at radius 1 is 1.09 bits per heavy atom. The molecule has 0 amide bonds. The standard InChI is InChI=1S/C21H25F6N5O/c1-11(2)32-18(29-30-31-32)15-9-19(3)17(5-4-16(15)28-19)33-10-12-6-13(20(22,23)24)8-14(7-12)21(25,26)27/h6-8,11,15-17,28H,4-5,9-10H2,1-3H3. The quantitative estimate of drug-likeness (QED) is 0.623. The van der Waals surface area contributed by atoms with Gasteiger partial charge in [-0.2, -0.15) is 26.3 Å². The molecule has 12 heteroatoms. The van der Waals surface area contributed by atoms with Crippen LogP contribution >= 0.6 is 0 Å². The van der Waals surface area contributed by atoms with Crippen LogP contribution in [0.2, 0.25) is 0 Å². The second kappa shape index (κ2) is 8.23. The van der Waals surface area contributed by atoms with Gasteiger partial charge in [0, 0.05) is 17.5 Å². The molecule has 1 N–H and O–H groups in total. The summed E-state index contributed by atoms with van der Waals surface area (Å²) in [6.07, 6.45) is -8.16. The van der Waals surface area contributed by atoms with Gasteiger partial charge in [-0.3, -0.25) is 0 Å². The Kier molecular flexibility index (Phi) is 5.97. The molecule has 3 heterocycles. The predicted molar refractivity (Wildman–Crippen MR) is 105 cm³/mol. The maximum Gasteiger partial charge on any atom is 0.416 e. The number of piperidine rings is 1. The van der Waals surface area contributed by atoms with E-state index in [1.807, 2.05) is 20.8 Å². The van der Waals surface area contributed by atoms with Crippen molar-refractivity contribution in [3.63, 3.8) is 0 Å². The highest BCUT2D eigenvalue weighted by Gasteiger charge is 2.52. The molecule has 4 rings (SSSR count). The van der Waals surface area contributed by atoms with Crippen molar-refractivity contribution < 1.29 is 31.1 Å². The smallest absolute Gasteiger partial charge is 0.372 e. The van der Waals surface area contributed by atoms with Gasteiger partial charge in [0.15, 0.2) is 5.82 Å². The topological polar surface area (TPSA) is 64.9 Å². The number of tetrazole rings is 1. The summed E-state index contributed by atoms with van der Waals surface area (Å²) < 4.78 is 86.6. The van der Waals surface area contributed by atoms with Crippen LogP contribution in [0.5, 0.6) is 0 Å². The van der Waals surface area contributed by atoms with Crippen LogP contribution in [0.3, 0.4) is 0 Å². The molecule has 0 spiro atoms. The molecule has 2 aliphatic rings. The number of hydrogen-bond donors (Lipinski definition) is 1. The Balaban J connectivity index is 1.52. The average Bonchev–Trinajstić information content (AvgIpc) is 3.29. The first kappa shape index (κ1) is 23.9. The van der Waals surface area contributed by atoms with Gasteiger partial charge in [-0.05, 0) is 74.2 Å². The summed E-state index contributed by atoms with van der Waals surface area (Å²) in [4.78, 5) is 0. The zero-order valence-electron chi connectivity index (χ0n) is 18.3. The third kappa shape index (κ3) is 4.72. The SMILES string of the molecule is CC(C)n1nnnc1C1CC2(C)NC1CCC2OCc1cc(C(F)(F)F)cc(C(F)(F)F)c1. The molecule has 0 radical (unpaired) electrons. The van der Waals surface area contributed by atoms with E-state index in [0.29, 0.717) is 25.0 Å². The van der Waals surface area contributed by atoms with E-state index in [-0.39, 0.29) is 42.3 Å². The van der Waals surface area contributed by atoms with Crippen molar-refractivity contribution in [3.05, 3.63) is 40.7 Å². The molecule has 2 fully saturated rings. The van der Waals surface area contributed by atoms with E-state index in [1.165, 1.54) is 0 Å². The molecule has 33 heavy (non-hydrogen) atoms. The van der Waals surface area contributed by atoms with Crippen LogP contribution in [0.15, 0.2) is 18.2 Å². The third-order valence-corrected chi connectivity index (χ3v) is 6.53. The number of halogens is 6. The van der Waals surface area contributed by atoms with Crippen LogP contribution in [0.1, 0.15) is 74.5 Å². The van der Waals surface area contributed by atoms with E-state index in [1.54, 1.807) is 4.68 Å². The van der Waals surface area contributed by atoms with Crippen molar-refractivity contribution >= 4 is 0 Å². The minimum atomic E-state index is -4.89. The van der Waals surface area contributed by atoms with Crippen molar-refractivity contribution in [3.8, 4) is 0 Å². The molecular weight excluding hydrogens is 452 g/mol. The minimum Gasteiger partial charge on any atom is -0.372 e. The highest BCUT2D eigenvalue weighted by Crippen LogP contribution is 2.45. The Hall–Kier alpha value is -2.21. The van der Waals surface area contributed by atoms with E-state index in [2.05, 4.69) is 20.8 Å². The second-order valence-electron chi connectivity index (χ2n) is 9.35. The number of hydrogen-bond acceptors (Lipinski definition) is 5. The van der Waals surface area contributed by atoms with Crippen LogP contribution in [0.4, 0.5) is 26.3 Å². The minimum absolute atomic E-state index is 0.0337. The molecular formula is C21H25F6N5O. The van der Waals surface area contributed by atoms with Gasteiger partial charge in [0.05, 0.1) is 29.9 Å². The van der Waals surface area contributed by atoms with Gasteiger partial charge in [-0.1, -0.05) is 0 Å². The Morgan fingerprint density at radius 3 is 2.30 bits per heavy atom. The van der Waals surface area contributed by atoms with E-state index in [9.17, 15) is 26.3 Å². The van der Waals surface area contributed by atoms with Crippen LogP contribution in [-0.4, -0.2) is 37.9 Å². The van der Waals surface area contributed by atoms with Crippen molar-refractivity contribution in [1.29, 1.82) is 0 Å². The first-order chi connectivity index (χ1) is 15.3. The molecule has 0 aliphatic carbocycles. The highest BCUT2D eigenvalue weighted by molar-refractivity contribution is 5.33. The summed E-state index contributed by atoms with van der Waals surface area (Å²) in [6, 6.07) is 1.75. The lowest BCUT2D eigenvalue weighted by atomic mass is 9.88. The molecule has 2 aromatic rings. The molecule has 2 aliphatic heterocycles. The van der Waals surface area contributed by atoms with Crippen LogP contribution in [0.25, 0.3) is 0 Å². The largest absolute Gasteiger partial charge is 0.416 e. The summed E-state index contributed by atoms with van der Waals surface area (Å²) >= 11 is 0. The molecule has 1 aromatic carbocycles. The first-order valence-corrected chi connectivity index (χ1v) is 10.7. The predicted octanol–water partition coefficient (Wildman–Crippen LogP) is 4.88. The molecule has 4 atom stereocenters.